The molecule has 2 heterocycles. The van der Waals surface area contributed by atoms with Gasteiger partial charge in [0.2, 0.25) is 5.91 Å². The third kappa shape index (κ3) is 5.42. The predicted octanol–water partition coefficient (Wildman–Crippen LogP) is 3.47. The van der Waals surface area contributed by atoms with E-state index in [1.165, 1.54) is 11.3 Å². The van der Waals surface area contributed by atoms with Crippen LogP contribution in [-0.2, 0) is 4.79 Å². The van der Waals surface area contributed by atoms with Crippen LogP contribution in [0.15, 0.2) is 66.0 Å². The highest BCUT2D eigenvalue weighted by Crippen LogP contribution is 2.27. The Hall–Kier alpha value is -3.36. The number of amides is 2. The van der Waals surface area contributed by atoms with Gasteiger partial charge in [0.25, 0.3) is 5.91 Å². The molecule has 7 nitrogen and oxygen atoms in total. The molecule has 1 fully saturated rings. The van der Waals surface area contributed by atoms with Crippen LogP contribution in [0, 0.1) is 0 Å². The van der Waals surface area contributed by atoms with E-state index >= 15 is 0 Å². The van der Waals surface area contributed by atoms with Crippen molar-refractivity contribution in [2.75, 3.05) is 48.3 Å². The van der Waals surface area contributed by atoms with Crippen LogP contribution in [0.1, 0.15) is 9.67 Å². The van der Waals surface area contributed by atoms with Gasteiger partial charge in [0.05, 0.1) is 17.1 Å². The normalized spacial score (nSPS) is 14.3. The predicted molar refractivity (Wildman–Crippen MR) is 124 cm³/mol. The molecular formula is C23H24N4O3S. The van der Waals surface area contributed by atoms with Crippen molar-refractivity contribution in [3.8, 4) is 5.75 Å². The first-order chi connectivity index (χ1) is 15.1. The summed E-state index contributed by atoms with van der Waals surface area (Å²) in [6, 6.07) is 18.0. The number of phenols is 1. The van der Waals surface area contributed by atoms with Gasteiger partial charge < -0.3 is 20.6 Å². The number of piperazine rings is 1. The molecule has 0 bridgehead atoms. The maximum absolute atomic E-state index is 12.4. The lowest BCUT2D eigenvalue weighted by Crippen LogP contribution is -2.48. The van der Waals surface area contributed by atoms with E-state index in [-0.39, 0.29) is 17.6 Å². The number of anilines is 3. The highest BCUT2D eigenvalue weighted by Gasteiger charge is 2.20. The largest absolute Gasteiger partial charge is 0.506 e. The number of nitrogens with one attached hydrogen (secondary N) is 2. The van der Waals surface area contributed by atoms with Gasteiger partial charge in [-0.05, 0) is 47.8 Å². The molecule has 3 N–H and O–H groups in total. The highest BCUT2D eigenvalue weighted by atomic mass is 32.1. The van der Waals surface area contributed by atoms with Gasteiger partial charge in [-0.15, -0.1) is 11.3 Å². The van der Waals surface area contributed by atoms with Gasteiger partial charge in [-0.1, -0.05) is 18.2 Å². The lowest BCUT2D eigenvalue weighted by Gasteiger charge is -2.35. The van der Waals surface area contributed by atoms with Gasteiger partial charge in [0, 0.05) is 37.6 Å². The zero-order valence-electron chi connectivity index (χ0n) is 17.0. The van der Waals surface area contributed by atoms with Crippen LogP contribution < -0.4 is 15.5 Å². The fourth-order valence-corrected chi connectivity index (χ4v) is 4.14. The Morgan fingerprint density at radius 1 is 0.871 bits per heavy atom. The van der Waals surface area contributed by atoms with Gasteiger partial charge >= 0.3 is 0 Å². The molecule has 160 valence electrons. The number of carbonyl (C=O) groups is 2. The standard InChI is InChI=1S/C23H24N4O3S/c28-20-5-2-1-4-19(20)27-13-11-26(12-14-27)16-22(29)24-17-7-9-18(10-8-17)25-23(30)21-6-3-15-31-21/h1-10,15,28H,11-14,16H2,(H,24,29)(H,25,30). The number of phenolic OH excluding ortho intramolecular Hbond substituents is 1. The average molecular weight is 437 g/mol. The Balaban J connectivity index is 1.24. The van der Waals surface area contributed by atoms with Crippen molar-refractivity contribution in [1.29, 1.82) is 0 Å². The summed E-state index contributed by atoms with van der Waals surface area (Å²) in [5.74, 6) is 0.0600. The molecule has 1 aliphatic rings. The number of rotatable bonds is 6. The number of carbonyl (C=O) groups excluding carboxylic acids is 2. The SMILES string of the molecule is O=C(CN1CCN(c2ccccc2O)CC1)Nc1ccc(NC(=O)c2cccs2)cc1. The molecule has 1 aliphatic heterocycles. The fourth-order valence-electron chi connectivity index (χ4n) is 3.52. The second kappa shape index (κ2) is 9.63. The van der Waals surface area contributed by atoms with Crippen LogP contribution in [0.2, 0.25) is 0 Å². The van der Waals surface area contributed by atoms with Crippen molar-refractivity contribution in [2.45, 2.75) is 0 Å². The van der Waals surface area contributed by atoms with E-state index in [9.17, 15) is 14.7 Å². The van der Waals surface area contributed by atoms with E-state index in [0.717, 1.165) is 31.9 Å². The summed E-state index contributed by atoms with van der Waals surface area (Å²) in [5, 5.41) is 17.6. The molecule has 0 radical (unpaired) electrons. The Morgan fingerprint density at radius 2 is 1.55 bits per heavy atom. The number of aromatic hydroxyl groups is 1. The van der Waals surface area contributed by atoms with Gasteiger partial charge in [-0.3, -0.25) is 14.5 Å². The van der Waals surface area contributed by atoms with Crippen molar-refractivity contribution in [1.82, 2.24) is 4.90 Å². The number of hydrogen-bond donors (Lipinski definition) is 3. The second-order valence-electron chi connectivity index (χ2n) is 7.31. The summed E-state index contributed by atoms with van der Waals surface area (Å²) in [5.41, 5.74) is 2.20. The van der Waals surface area contributed by atoms with Gasteiger partial charge in [0.15, 0.2) is 0 Å². The van der Waals surface area contributed by atoms with Crippen molar-refractivity contribution in [3.63, 3.8) is 0 Å². The maximum atomic E-state index is 12.4. The number of para-hydroxylation sites is 2. The minimum atomic E-state index is -0.144. The Bertz CT molecular complexity index is 1030. The third-order valence-electron chi connectivity index (χ3n) is 5.13. The molecular weight excluding hydrogens is 412 g/mol. The van der Waals surface area contributed by atoms with E-state index in [0.29, 0.717) is 22.8 Å². The minimum Gasteiger partial charge on any atom is -0.506 e. The lowest BCUT2D eigenvalue weighted by molar-refractivity contribution is -0.117. The molecule has 2 amide bonds. The lowest BCUT2D eigenvalue weighted by atomic mass is 10.2. The molecule has 0 aliphatic carbocycles. The van der Waals surface area contributed by atoms with E-state index in [2.05, 4.69) is 20.4 Å². The van der Waals surface area contributed by atoms with Gasteiger partial charge in [0.1, 0.15) is 5.75 Å². The molecule has 0 saturated carbocycles. The molecule has 1 aromatic heterocycles. The van der Waals surface area contributed by atoms with Gasteiger partial charge in [-0.25, -0.2) is 0 Å². The first-order valence-electron chi connectivity index (χ1n) is 10.1. The highest BCUT2D eigenvalue weighted by molar-refractivity contribution is 7.12. The number of benzene rings is 2. The topological polar surface area (TPSA) is 84.9 Å². The molecule has 2 aromatic carbocycles. The van der Waals surface area contributed by atoms with E-state index in [1.54, 1.807) is 36.4 Å². The Kier molecular flexibility index (Phi) is 6.49. The van der Waals surface area contributed by atoms with Crippen LogP contribution in [-0.4, -0.2) is 54.5 Å². The first kappa shape index (κ1) is 20.9. The molecule has 0 spiro atoms. The zero-order chi connectivity index (χ0) is 21.6. The van der Waals surface area contributed by atoms with Crippen LogP contribution in [0.25, 0.3) is 0 Å². The molecule has 0 unspecified atom stereocenters. The second-order valence-corrected chi connectivity index (χ2v) is 8.26. The van der Waals surface area contributed by atoms with E-state index in [4.69, 9.17) is 0 Å². The molecule has 3 aromatic rings. The summed E-state index contributed by atoms with van der Waals surface area (Å²) in [7, 11) is 0. The number of nitrogens with zero attached hydrogens (tertiary/aromatic N) is 2. The van der Waals surface area contributed by atoms with Crippen LogP contribution in [0.4, 0.5) is 17.1 Å². The summed E-state index contributed by atoms with van der Waals surface area (Å²) < 4.78 is 0. The van der Waals surface area contributed by atoms with E-state index < -0.39 is 0 Å². The van der Waals surface area contributed by atoms with Crippen LogP contribution in [0.5, 0.6) is 5.75 Å². The monoisotopic (exact) mass is 436 g/mol. The van der Waals surface area contributed by atoms with Crippen LogP contribution >= 0.6 is 11.3 Å². The maximum Gasteiger partial charge on any atom is 0.265 e. The molecule has 4 rings (SSSR count). The first-order valence-corrected chi connectivity index (χ1v) is 11.0. The Morgan fingerprint density at radius 3 is 2.19 bits per heavy atom. The number of thiophene rings is 1. The average Bonchev–Trinajstić information content (AvgIpc) is 3.31. The minimum absolute atomic E-state index is 0.0774. The molecule has 31 heavy (non-hydrogen) atoms. The number of hydrogen-bond acceptors (Lipinski definition) is 6. The van der Waals surface area contributed by atoms with Crippen molar-refractivity contribution >= 4 is 40.2 Å². The van der Waals surface area contributed by atoms with Crippen LogP contribution in [0.3, 0.4) is 0 Å². The van der Waals surface area contributed by atoms with Crippen molar-refractivity contribution in [3.05, 3.63) is 70.9 Å². The molecule has 1 saturated heterocycles. The fraction of sp³-hybridized carbons (Fsp3) is 0.217. The molecule has 0 atom stereocenters. The summed E-state index contributed by atoms with van der Waals surface area (Å²) in [6.07, 6.45) is 0. The zero-order valence-corrected chi connectivity index (χ0v) is 17.8. The third-order valence-corrected chi connectivity index (χ3v) is 6.00. The van der Waals surface area contributed by atoms with Crippen molar-refractivity contribution in [2.24, 2.45) is 0 Å². The Labute approximate surface area is 184 Å². The van der Waals surface area contributed by atoms with Crippen molar-refractivity contribution < 1.29 is 14.7 Å². The summed E-state index contributed by atoms with van der Waals surface area (Å²) in [6.45, 7) is 3.31. The molecule has 8 heteroatoms. The van der Waals surface area contributed by atoms with E-state index in [1.807, 2.05) is 29.6 Å². The van der Waals surface area contributed by atoms with Gasteiger partial charge in [-0.2, -0.15) is 0 Å². The smallest absolute Gasteiger partial charge is 0.265 e. The summed E-state index contributed by atoms with van der Waals surface area (Å²) in [4.78, 5) is 29.4. The summed E-state index contributed by atoms with van der Waals surface area (Å²) >= 11 is 1.39. The quantitative estimate of drug-likeness (QED) is 0.551.